The molecule has 2 amide bonds. The number of likely N-dealkylation sites (tertiary alicyclic amines) is 1. The van der Waals surface area contributed by atoms with Crippen molar-refractivity contribution in [1.29, 1.82) is 5.26 Å². The lowest BCUT2D eigenvalue weighted by atomic mass is 9.85. The van der Waals surface area contributed by atoms with Gasteiger partial charge in [0.25, 0.3) is 0 Å². The lowest BCUT2D eigenvalue weighted by Crippen LogP contribution is -2.44. The molecule has 2 aliphatic heterocycles. The molecule has 0 bridgehead atoms. The van der Waals surface area contributed by atoms with E-state index in [0.717, 1.165) is 51.6 Å². The Hall–Kier alpha value is -1.52. The molecular weight excluding hydrogens is 324 g/mol. The molecule has 0 aromatic rings. The van der Waals surface area contributed by atoms with Crippen molar-refractivity contribution in [3.63, 3.8) is 0 Å². The van der Waals surface area contributed by atoms with Gasteiger partial charge in [-0.25, -0.2) is 0 Å². The molecule has 0 aromatic heterocycles. The van der Waals surface area contributed by atoms with E-state index in [4.69, 9.17) is 5.26 Å². The molecule has 1 atom stereocenters. The number of nitrogens with one attached hydrogen (secondary N) is 1. The smallest absolute Gasteiger partial charge is 0.242 e. The Bertz CT molecular complexity index is 545. The highest BCUT2D eigenvalue weighted by Crippen LogP contribution is 2.28. The van der Waals surface area contributed by atoms with Crippen LogP contribution in [0.5, 0.6) is 0 Å². The molecule has 2 heterocycles. The molecular formula is C17H24N4O2S. The van der Waals surface area contributed by atoms with Gasteiger partial charge in [0.15, 0.2) is 5.37 Å². The molecule has 3 aliphatic rings. The Kier molecular flexibility index (Phi) is 5.80. The van der Waals surface area contributed by atoms with Crippen molar-refractivity contribution >= 4 is 23.6 Å². The Morgan fingerprint density at radius 3 is 2.58 bits per heavy atom. The van der Waals surface area contributed by atoms with Crippen molar-refractivity contribution in [2.75, 3.05) is 19.6 Å². The second-order valence-electron chi connectivity index (χ2n) is 6.67. The molecule has 0 radical (unpaired) electrons. The molecule has 24 heavy (non-hydrogen) atoms. The monoisotopic (exact) mass is 348 g/mol. The summed E-state index contributed by atoms with van der Waals surface area (Å²) in [6, 6.07) is 2.40. The normalized spacial score (nSPS) is 29.7. The summed E-state index contributed by atoms with van der Waals surface area (Å²) in [6.45, 7) is 2.10. The van der Waals surface area contributed by atoms with Crippen LogP contribution in [0.15, 0.2) is 11.6 Å². The predicted molar refractivity (Wildman–Crippen MR) is 92.5 cm³/mol. The number of hydrogen-bond donors (Lipinski definition) is 1. The van der Waals surface area contributed by atoms with Crippen LogP contribution < -0.4 is 5.32 Å². The van der Waals surface area contributed by atoms with Crippen molar-refractivity contribution in [2.45, 2.75) is 49.9 Å². The summed E-state index contributed by atoms with van der Waals surface area (Å²) < 4.78 is 0. The van der Waals surface area contributed by atoms with Gasteiger partial charge in [0.05, 0.1) is 12.6 Å². The topological polar surface area (TPSA) is 76.4 Å². The summed E-state index contributed by atoms with van der Waals surface area (Å²) in [6.07, 6.45) is 7.63. The van der Waals surface area contributed by atoms with E-state index < -0.39 is 5.37 Å². The fourth-order valence-corrected chi connectivity index (χ4v) is 4.42. The fraction of sp³-hybridized carbons (Fsp3) is 0.706. The van der Waals surface area contributed by atoms with Crippen LogP contribution >= 0.6 is 11.8 Å². The molecule has 1 saturated heterocycles. The first-order valence-electron chi connectivity index (χ1n) is 8.74. The van der Waals surface area contributed by atoms with Gasteiger partial charge in [-0.05, 0) is 43.9 Å². The average molecular weight is 348 g/mol. The molecule has 6 nitrogen and oxygen atoms in total. The summed E-state index contributed by atoms with van der Waals surface area (Å²) in [5.41, 5.74) is 0. The van der Waals surface area contributed by atoms with Gasteiger partial charge in [0.2, 0.25) is 11.8 Å². The summed E-state index contributed by atoms with van der Waals surface area (Å²) >= 11 is 1.35. The third-order valence-electron chi connectivity index (χ3n) is 5.12. The second-order valence-corrected chi connectivity index (χ2v) is 7.66. The minimum atomic E-state index is -0.437. The van der Waals surface area contributed by atoms with E-state index in [1.165, 1.54) is 16.7 Å². The third kappa shape index (κ3) is 3.93. The van der Waals surface area contributed by atoms with Crippen LogP contribution in [-0.2, 0) is 9.59 Å². The van der Waals surface area contributed by atoms with E-state index in [1.54, 1.807) is 11.6 Å². The van der Waals surface area contributed by atoms with Crippen LogP contribution in [-0.4, -0.2) is 52.7 Å². The summed E-state index contributed by atoms with van der Waals surface area (Å²) in [7, 11) is 0. The van der Waals surface area contributed by atoms with Crippen LogP contribution in [0.2, 0.25) is 0 Å². The van der Waals surface area contributed by atoms with Crippen molar-refractivity contribution in [3.8, 4) is 6.07 Å². The minimum absolute atomic E-state index is 0.0712. The third-order valence-corrected chi connectivity index (χ3v) is 5.99. The number of rotatable bonds is 4. The summed E-state index contributed by atoms with van der Waals surface area (Å²) in [5, 5.41) is 13.7. The van der Waals surface area contributed by atoms with Gasteiger partial charge < -0.3 is 10.2 Å². The van der Waals surface area contributed by atoms with Gasteiger partial charge in [-0.15, -0.1) is 0 Å². The largest absolute Gasteiger partial charge is 0.342 e. The highest BCUT2D eigenvalue weighted by Gasteiger charge is 2.31. The number of carbonyl (C=O) groups is 2. The highest BCUT2D eigenvalue weighted by atomic mass is 32.2. The van der Waals surface area contributed by atoms with Crippen LogP contribution in [0.1, 0.15) is 38.5 Å². The first kappa shape index (κ1) is 17.3. The van der Waals surface area contributed by atoms with Crippen LogP contribution in [0, 0.1) is 17.2 Å². The van der Waals surface area contributed by atoms with Crippen molar-refractivity contribution < 1.29 is 9.59 Å². The number of nitrogens with zero attached hydrogens (tertiary/aromatic N) is 3. The molecule has 1 N–H and O–H groups in total. The Morgan fingerprint density at radius 2 is 1.92 bits per heavy atom. The number of nitriles is 1. The van der Waals surface area contributed by atoms with E-state index in [0.29, 0.717) is 5.91 Å². The predicted octanol–water partition coefficient (Wildman–Crippen LogP) is 1.65. The quantitative estimate of drug-likeness (QED) is 0.836. The van der Waals surface area contributed by atoms with Gasteiger partial charge in [-0.3, -0.25) is 14.5 Å². The number of carbonyl (C=O) groups excluding carboxylic acids is 2. The maximum absolute atomic E-state index is 12.4. The van der Waals surface area contributed by atoms with Gasteiger partial charge >= 0.3 is 0 Å². The summed E-state index contributed by atoms with van der Waals surface area (Å²) in [5.74, 6) is 0.425. The zero-order valence-corrected chi connectivity index (χ0v) is 14.6. The fourth-order valence-electron chi connectivity index (χ4n) is 3.69. The number of thioether (sulfide) groups is 1. The Balaban J connectivity index is 1.39. The Morgan fingerprint density at radius 1 is 1.21 bits per heavy atom. The molecule has 0 spiro atoms. The van der Waals surface area contributed by atoms with E-state index >= 15 is 0 Å². The summed E-state index contributed by atoms with van der Waals surface area (Å²) in [4.78, 5) is 28.1. The molecule has 0 aromatic carbocycles. The molecule has 1 saturated carbocycles. The first-order chi connectivity index (χ1) is 11.7. The lowest BCUT2D eigenvalue weighted by molar-refractivity contribution is -0.135. The highest BCUT2D eigenvalue weighted by molar-refractivity contribution is 8.03. The molecule has 7 heteroatoms. The van der Waals surface area contributed by atoms with Gasteiger partial charge in [-0.2, -0.15) is 5.26 Å². The van der Waals surface area contributed by atoms with E-state index in [-0.39, 0.29) is 24.4 Å². The minimum Gasteiger partial charge on any atom is -0.342 e. The Labute approximate surface area is 147 Å². The van der Waals surface area contributed by atoms with Crippen molar-refractivity contribution in [3.05, 3.63) is 11.6 Å². The maximum Gasteiger partial charge on any atom is 0.242 e. The van der Waals surface area contributed by atoms with E-state index in [2.05, 4.69) is 11.4 Å². The zero-order chi connectivity index (χ0) is 16.9. The second kappa shape index (κ2) is 8.04. The lowest BCUT2D eigenvalue weighted by Gasteiger charge is -2.31. The molecule has 3 rings (SSSR count). The number of hydrogen-bond acceptors (Lipinski definition) is 5. The molecule has 1 aliphatic carbocycles. The van der Waals surface area contributed by atoms with E-state index in [9.17, 15) is 9.59 Å². The molecule has 130 valence electrons. The van der Waals surface area contributed by atoms with Crippen molar-refractivity contribution in [2.24, 2.45) is 5.92 Å². The van der Waals surface area contributed by atoms with Crippen molar-refractivity contribution in [1.82, 2.24) is 15.1 Å². The maximum atomic E-state index is 12.4. The standard InChI is InChI=1S/C17H24N4O2S/c18-11-16-21(9-10-24-16)15(22)12-19-14-5-3-13(4-6-14)17(23)20-7-1-2-8-20/h9-10,13-14,16,19H,1-8,12H2/t13?,14?,16-/m0/s1. The average Bonchev–Trinajstić information content (AvgIpc) is 3.30. The zero-order valence-electron chi connectivity index (χ0n) is 13.8. The molecule has 0 unspecified atom stereocenters. The van der Waals surface area contributed by atoms with Crippen LogP contribution in [0.25, 0.3) is 0 Å². The number of amides is 2. The first-order valence-corrected chi connectivity index (χ1v) is 9.68. The van der Waals surface area contributed by atoms with Crippen LogP contribution in [0.4, 0.5) is 0 Å². The van der Waals surface area contributed by atoms with Crippen LogP contribution in [0.3, 0.4) is 0 Å². The van der Waals surface area contributed by atoms with E-state index in [1.807, 2.05) is 4.90 Å². The van der Waals surface area contributed by atoms with Gasteiger partial charge in [0.1, 0.15) is 0 Å². The molecule has 2 fully saturated rings. The van der Waals surface area contributed by atoms with Gasteiger partial charge in [-0.1, -0.05) is 11.8 Å². The SMILES string of the molecule is N#C[C@@H]1SC=CN1C(=O)CNC1CCC(C(=O)N2CCCC2)CC1. The van der Waals surface area contributed by atoms with Gasteiger partial charge in [0, 0.05) is 31.2 Å².